The Balaban J connectivity index is 0.000000209. The van der Waals surface area contributed by atoms with Crippen LogP contribution < -0.4 is 19.6 Å². The van der Waals surface area contributed by atoms with E-state index in [4.69, 9.17) is 0 Å². The molecule has 0 aliphatic heterocycles. The molecular weight excluding hydrogens is 1570 g/mol. The molecule has 9 heteroatoms. The molecule has 0 aromatic heterocycles. The Kier molecular flexibility index (Phi) is 25.9. The Morgan fingerprint density at radius 3 is 0.726 bits per heavy atom. The van der Waals surface area contributed by atoms with Crippen molar-refractivity contribution in [1.82, 2.24) is 0 Å². The zero-order chi connectivity index (χ0) is 84.8. The van der Waals surface area contributed by atoms with Crippen molar-refractivity contribution < 1.29 is 0 Å². The first-order chi connectivity index (χ1) is 55.3. The van der Waals surface area contributed by atoms with Crippen molar-refractivity contribution in [3.63, 3.8) is 0 Å². The van der Waals surface area contributed by atoms with Crippen molar-refractivity contribution in [2.75, 3.05) is 19.6 Å². The van der Waals surface area contributed by atoms with Gasteiger partial charge in [-0.2, -0.15) is 0 Å². The van der Waals surface area contributed by atoms with Gasteiger partial charge in [0.05, 0.1) is 22.7 Å². The molecule has 2 aliphatic rings. The molecule has 0 unspecified atom stereocenters. The fourth-order valence-corrected chi connectivity index (χ4v) is 18.9. The Hall–Kier alpha value is -8.99. The van der Waals surface area contributed by atoms with E-state index in [0.717, 1.165) is 33.2 Å². The number of unbranched alkanes of at least 4 members (excludes halogenated alkanes) is 2. The molecule has 2 aliphatic carbocycles. The second-order valence-corrected chi connectivity index (χ2v) is 39.3. The number of rotatable bonds is 18. The summed E-state index contributed by atoms with van der Waals surface area (Å²) in [5, 5.41) is 0. The van der Waals surface area contributed by atoms with E-state index in [-0.39, 0.29) is 32.5 Å². The number of fused-ring (bicyclic) bond motifs is 6. The van der Waals surface area contributed by atoms with Crippen LogP contribution in [0, 0.1) is 55.4 Å². The van der Waals surface area contributed by atoms with Gasteiger partial charge in [0.15, 0.2) is 0 Å². The van der Waals surface area contributed by atoms with Crippen LogP contribution in [0.3, 0.4) is 0 Å². The standard InChI is InChI=1S/C54H60Br2N2.C54H62N2.BHNS/c1-33-27-37(51(5,6)7)28-34(2)49(33)57(41-19-15-39(55)16-20-41)43-23-25-45-46-26-24-44(32-48(46)54(13,14)53(11,12)47(45)31-43)58(42-21-17-40(56)18-22-42)50-35(3)29-38(30-36(50)4)52(8,9)10;1-11-13-21-41-31-37(3)51(38(4)32-41)55(43-23-17-15-18-24-43)45-27-29-47-48-30-28-46(36-50(48)54(9,10)53(7,8)49(47)35-45)56(44-25-19-16-20-26-44)52-39(5)33-42(22-14-12-2)34-40(52)6;1-2-3/h15-32H,1-14H3;15-20,23-36H,11-14,21-22H2,1-10H3;3H. The Bertz CT molecular complexity index is 5190. The van der Waals surface area contributed by atoms with E-state index in [9.17, 15) is 0 Å². The molecule has 12 aromatic rings. The molecule has 0 bridgehead atoms. The van der Waals surface area contributed by atoms with E-state index in [0.29, 0.717) is 0 Å². The SMILES string of the molecule is CCCCc1cc(C)c(N(c2ccccc2)c2ccc3c(c2)C(C)(C)C(C)(C)c2cc(N(c4ccccc4)c4c(C)cc(CCCC)cc4C)ccc2-3)c(C)c1.Cc1cc(C(C)(C)C)cc(C)c1N(c1ccc(Br)cc1)c1ccc2c(c1)C(C)(C)C(C)(C)c1cc(N(c3ccc(Br)cc3)c3c(C)cc(C(C)(C)C)cc3C)ccc1-2.[B]=NS. The third-order valence-electron chi connectivity index (χ3n) is 26.0. The molecule has 0 saturated carbocycles. The third-order valence-corrected chi connectivity index (χ3v) is 27.0. The maximum atomic E-state index is 4.34. The zero-order valence-corrected chi connectivity index (χ0v) is 78.3. The number of para-hydroxylation sites is 2. The fourth-order valence-electron chi connectivity index (χ4n) is 18.3. The quantitative estimate of drug-likeness (QED) is 0.0684. The first kappa shape index (κ1) is 87.3. The molecule has 5 nitrogen and oxygen atoms in total. The van der Waals surface area contributed by atoms with E-state index < -0.39 is 0 Å². The summed E-state index contributed by atoms with van der Waals surface area (Å²) in [6, 6.07) is 87.4. The number of thiol groups is 1. The van der Waals surface area contributed by atoms with Crippen LogP contribution in [0.4, 0.5) is 68.2 Å². The second-order valence-electron chi connectivity index (χ2n) is 37.3. The molecule has 0 heterocycles. The minimum atomic E-state index is -0.196. The van der Waals surface area contributed by atoms with Gasteiger partial charge in [-0.05, 0) is 346 Å². The van der Waals surface area contributed by atoms with E-state index >= 15 is 0 Å². The van der Waals surface area contributed by atoms with E-state index in [1.165, 1.54) is 194 Å². The first-order valence-corrected chi connectivity index (χ1v) is 44.2. The molecule has 0 fully saturated rings. The van der Waals surface area contributed by atoms with Gasteiger partial charge >= 0.3 is 24.8 Å². The first-order valence-electron chi connectivity index (χ1n) is 42.2. The Morgan fingerprint density at radius 2 is 0.513 bits per heavy atom. The predicted octanol–water partition coefficient (Wildman–Crippen LogP) is 33.2. The van der Waals surface area contributed by atoms with Gasteiger partial charge in [0.2, 0.25) is 0 Å². The molecule has 0 spiro atoms. The van der Waals surface area contributed by atoms with E-state index in [1.54, 1.807) is 0 Å². The van der Waals surface area contributed by atoms with Crippen LogP contribution in [0.5, 0.6) is 0 Å². The topological polar surface area (TPSA) is 25.3 Å². The van der Waals surface area contributed by atoms with Crippen molar-refractivity contribution in [3.8, 4) is 22.3 Å². The number of anilines is 12. The van der Waals surface area contributed by atoms with Crippen LogP contribution in [-0.4, -0.2) is 7.64 Å². The van der Waals surface area contributed by atoms with E-state index in [2.05, 4.69) is 473 Å². The van der Waals surface area contributed by atoms with Gasteiger partial charge in [-0.15, -0.1) is 0 Å². The van der Waals surface area contributed by atoms with Crippen LogP contribution in [0.25, 0.3) is 22.3 Å². The predicted molar refractivity (Wildman–Crippen MR) is 520 cm³/mol. The third kappa shape index (κ3) is 17.3. The van der Waals surface area contributed by atoms with Crippen LogP contribution >= 0.6 is 44.7 Å². The summed E-state index contributed by atoms with van der Waals surface area (Å²) >= 11 is 10.6. The normalized spacial score (nSPS) is 13.9. The minimum absolute atomic E-state index is 0.0645. The molecule has 603 valence electrons. The van der Waals surface area contributed by atoms with Gasteiger partial charge in [-0.25, -0.2) is 0 Å². The molecule has 117 heavy (non-hydrogen) atoms. The van der Waals surface area contributed by atoms with Crippen LogP contribution in [0.1, 0.15) is 225 Å². The molecule has 12 aromatic carbocycles. The van der Waals surface area contributed by atoms with Crippen molar-refractivity contribution in [2.24, 2.45) is 4.30 Å². The number of aryl methyl sites for hydroxylation is 10. The average molecular weight is 1690 g/mol. The molecule has 14 rings (SSSR count). The van der Waals surface area contributed by atoms with Crippen molar-refractivity contribution in [1.29, 1.82) is 0 Å². The van der Waals surface area contributed by atoms with Crippen LogP contribution in [0.15, 0.2) is 244 Å². The summed E-state index contributed by atoms with van der Waals surface area (Å²) in [5.74, 6) is 0. The molecule has 0 saturated heterocycles. The second kappa shape index (κ2) is 34.8. The number of nitrogens with zero attached hydrogens (tertiary/aromatic N) is 5. The van der Waals surface area contributed by atoms with Crippen LogP contribution in [0.2, 0.25) is 0 Å². The summed E-state index contributed by atoms with van der Waals surface area (Å²) in [5.41, 5.74) is 40.6. The monoisotopic (exact) mass is 1690 g/mol. The maximum absolute atomic E-state index is 4.34. The Morgan fingerprint density at radius 1 is 0.308 bits per heavy atom. The summed E-state index contributed by atoms with van der Waals surface area (Å²) in [6.07, 6.45) is 7.10. The molecular formula is C108H123BBr2N5S. The van der Waals surface area contributed by atoms with Crippen LogP contribution in [-0.2, 0) is 45.3 Å². The molecule has 0 N–H and O–H groups in total. The van der Waals surface area contributed by atoms with Gasteiger partial charge in [-0.1, -0.05) is 265 Å². The molecule has 0 atom stereocenters. The summed E-state index contributed by atoms with van der Waals surface area (Å²) in [7, 11) is 4.34. The number of benzene rings is 12. The van der Waals surface area contributed by atoms with Crippen molar-refractivity contribution >= 4 is 121 Å². The number of hydrogen-bond donors (Lipinski definition) is 1. The van der Waals surface area contributed by atoms with Gasteiger partial charge in [0.25, 0.3) is 0 Å². The molecule has 1 radical (unpaired) electrons. The Labute approximate surface area is 726 Å². The summed E-state index contributed by atoms with van der Waals surface area (Å²) in [4.78, 5) is 9.92. The fraction of sp³-hybridized carbons (Fsp3) is 0.333. The van der Waals surface area contributed by atoms with Gasteiger partial charge in [-0.3, -0.25) is 0 Å². The molecule has 0 amide bonds. The van der Waals surface area contributed by atoms with Gasteiger partial charge in [0.1, 0.15) is 0 Å². The zero-order valence-electron chi connectivity index (χ0n) is 74.2. The van der Waals surface area contributed by atoms with E-state index in [1.807, 2.05) is 0 Å². The average Bonchev–Trinajstić information content (AvgIpc) is 0.710. The van der Waals surface area contributed by atoms with Crippen molar-refractivity contribution in [3.05, 3.63) is 328 Å². The van der Waals surface area contributed by atoms with Gasteiger partial charge in [0, 0.05) is 54.4 Å². The van der Waals surface area contributed by atoms with Gasteiger partial charge < -0.3 is 19.6 Å². The number of halogens is 2. The van der Waals surface area contributed by atoms with Crippen molar-refractivity contribution in [2.45, 2.75) is 237 Å². The summed E-state index contributed by atoms with van der Waals surface area (Å²) in [6.45, 7) is 56.1. The number of hydrogen-bond acceptors (Lipinski definition) is 6. The summed E-state index contributed by atoms with van der Waals surface area (Å²) < 4.78 is 4.84.